The molecule has 3 heterocycles. The number of nitrogens with one attached hydrogen (secondary N) is 1. The van der Waals surface area contributed by atoms with Crippen LogP contribution in [0, 0.1) is 0 Å². The van der Waals surface area contributed by atoms with E-state index in [-0.39, 0.29) is 11.8 Å². The molecular formula is C11H14N4O2. The first-order valence-electron chi connectivity index (χ1n) is 5.71. The summed E-state index contributed by atoms with van der Waals surface area (Å²) in [6.07, 6.45) is 1.74. The first-order chi connectivity index (χ1) is 8.34. The van der Waals surface area contributed by atoms with E-state index in [1.165, 1.54) is 9.08 Å². The standard InChI is InChI=1S/C11H14N4O2/c16-11-14-5-2-1-3-10(14)13-15(11)8-9-7-12-4-6-17-9/h1-3,5,9,12H,4,6-8H2. The van der Waals surface area contributed by atoms with E-state index in [9.17, 15) is 4.79 Å². The lowest BCUT2D eigenvalue weighted by Gasteiger charge is -2.22. The SMILES string of the molecule is O=c1n(CC2CNCCO2)nc2ccccn12. The maximum Gasteiger partial charge on any atom is 0.350 e. The monoisotopic (exact) mass is 234 g/mol. The first kappa shape index (κ1) is 10.5. The molecule has 90 valence electrons. The third-order valence-corrected chi connectivity index (χ3v) is 2.87. The second kappa shape index (κ2) is 4.31. The van der Waals surface area contributed by atoms with Crippen LogP contribution in [0.4, 0.5) is 0 Å². The van der Waals surface area contributed by atoms with Crippen molar-refractivity contribution in [3.05, 3.63) is 34.9 Å². The molecule has 1 saturated heterocycles. The lowest BCUT2D eigenvalue weighted by atomic mass is 10.3. The molecule has 0 amide bonds. The van der Waals surface area contributed by atoms with E-state index in [1.807, 2.05) is 18.2 Å². The molecule has 1 atom stereocenters. The molecule has 1 unspecified atom stereocenters. The van der Waals surface area contributed by atoms with Crippen molar-refractivity contribution in [1.29, 1.82) is 0 Å². The van der Waals surface area contributed by atoms with E-state index in [4.69, 9.17) is 4.74 Å². The fourth-order valence-corrected chi connectivity index (χ4v) is 2.02. The van der Waals surface area contributed by atoms with Crippen LogP contribution in [0.15, 0.2) is 29.2 Å². The van der Waals surface area contributed by atoms with Crippen LogP contribution in [-0.4, -0.2) is 40.0 Å². The zero-order chi connectivity index (χ0) is 11.7. The van der Waals surface area contributed by atoms with Gasteiger partial charge in [-0.25, -0.2) is 9.48 Å². The third kappa shape index (κ3) is 1.96. The summed E-state index contributed by atoms with van der Waals surface area (Å²) in [4.78, 5) is 12.0. The Morgan fingerprint density at radius 2 is 2.47 bits per heavy atom. The summed E-state index contributed by atoms with van der Waals surface area (Å²) in [5.41, 5.74) is 0.552. The molecule has 2 aromatic rings. The second-order valence-electron chi connectivity index (χ2n) is 4.09. The smallest absolute Gasteiger partial charge is 0.350 e. The number of aromatic nitrogens is 3. The quantitative estimate of drug-likeness (QED) is 0.760. The Balaban J connectivity index is 1.89. The molecule has 0 bridgehead atoms. The summed E-state index contributed by atoms with van der Waals surface area (Å²) >= 11 is 0. The van der Waals surface area contributed by atoms with Crippen LogP contribution < -0.4 is 11.0 Å². The number of ether oxygens (including phenoxy) is 1. The van der Waals surface area contributed by atoms with Crippen LogP contribution in [-0.2, 0) is 11.3 Å². The van der Waals surface area contributed by atoms with Crippen molar-refractivity contribution in [2.75, 3.05) is 19.7 Å². The van der Waals surface area contributed by atoms with Gasteiger partial charge in [-0.15, -0.1) is 5.10 Å². The van der Waals surface area contributed by atoms with Crippen molar-refractivity contribution in [2.45, 2.75) is 12.6 Å². The minimum absolute atomic E-state index is 0.0198. The van der Waals surface area contributed by atoms with Crippen molar-refractivity contribution in [3.63, 3.8) is 0 Å². The van der Waals surface area contributed by atoms with Crippen LogP contribution in [0.25, 0.3) is 5.65 Å². The molecule has 0 saturated carbocycles. The van der Waals surface area contributed by atoms with Crippen molar-refractivity contribution >= 4 is 5.65 Å². The fourth-order valence-electron chi connectivity index (χ4n) is 2.02. The Bertz CT molecular complexity index is 568. The van der Waals surface area contributed by atoms with Gasteiger partial charge < -0.3 is 10.1 Å². The molecule has 1 aliphatic heterocycles. The molecule has 1 fully saturated rings. The summed E-state index contributed by atoms with van der Waals surface area (Å²) in [6, 6.07) is 5.50. The summed E-state index contributed by atoms with van der Waals surface area (Å²) in [5.74, 6) is 0. The van der Waals surface area contributed by atoms with Crippen molar-refractivity contribution in [1.82, 2.24) is 19.5 Å². The Morgan fingerprint density at radius 1 is 1.53 bits per heavy atom. The second-order valence-corrected chi connectivity index (χ2v) is 4.09. The molecule has 0 radical (unpaired) electrons. The van der Waals surface area contributed by atoms with Gasteiger partial charge in [0.2, 0.25) is 0 Å². The van der Waals surface area contributed by atoms with E-state index >= 15 is 0 Å². The van der Waals surface area contributed by atoms with Crippen molar-refractivity contribution in [2.24, 2.45) is 0 Å². The lowest BCUT2D eigenvalue weighted by Crippen LogP contribution is -2.42. The predicted octanol–water partition coefficient (Wildman–Crippen LogP) is -0.516. The molecule has 3 rings (SSSR count). The van der Waals surface area contributed by atoms with Gasteiger partial charge in [0.05, 0.1) is 19.3 Å². The molecule has 6 heteroatoms. The van der Waals surface area contributed by atoms with Gasteiger partial charge in [-0.1, -0.05) is 6.07 Å². The van der Waals surface area contributed by atoms with Crippen LogP contribution >= 0.6 is 0 Å². The van der Waals surface area contributed by atoms with E-state index in [0.29, 0.717) is 18.8 Å². The van der Waals surface area contributed by atoms with E-state index in [0.717, 1.165) is 13.1 Å². The Labute approximate surface area is 97.8 Å². The molecule has 0 spiro atoms. The van der Waals surface area contributed by atoms with Gasteiger partial charge in [0, 0.05) is 19.3 Å². The minimum atomic E-state index is -0.116. The number of fused-ring (bicyclic) bond motifs is 1. The van der Waals surface area contributed by atoms with Crippen LogP contribution in [0.3, 0.4) is 0 Å². The highest BCUT2D eigenvalue weighted by Gasteiger charge is 2.16. The van der Waals surface area contributed by atoms with Gasteiger partial charge in [0.25, 0.3) is 0 Å². The highest BCUT2D eigenvalue weighted by atomic mass is 16.5. The van der Waals surface area contributed by atoms with Gasteiger partial charge in [-0.05, 0) is 12.1 Å². The average molecular weight is 234 g/mol. The third-order valence-electron chi connectivity index (χ3n) is 2.87. The Morgan fingerprint density at radius 3 is 3.24 bits per heavy atom. The number of nitrogens with zero attached hydrogens (tertiary/aromatic N) is 3. The minimum Gasteiger partial charge on any atom is -0.374 e. The summed E-state index contributed by atoms with van der Waals surface area (Å²) in [5, 5.41) is 7.50. The van der Waals surface area contributed by atoms with Gasteiger partial charge in [0.1, 0.15) is 0 Å². The number of pyridine rings is 1. The van der Waals surface area contributed by atoms with Gasteiger partial charge in [-0.2, -0.15) is 0 Å². The van der Waals surface area contributed by atoms with E-state index in [1.54, 1.807) is 6.20 Å². The van der Waals surface area contributed by atoms with E-state index in [2.05, 4.69) is 10.4 Å². The molecule has 17 heavy (non-hydrogen) atoms. The Hall–Kier alpha value is -1.66. The lowest BCUT2D eigenvalue weighted by molar-refractivity contribution is 0.0155. The summed E-state index contributed by atoms with van der Waals surface area (Å²) in [6.45, 7) is 2.82. The zero-order valence-electron chi connectivity index (χ0n) is 9.37. The summed E-state index contributed by atoms with van der Waals surface area (Å²) < 4.78 is 8.56. The van der Waals surface area contributed by atoms with Crippen molar-refractivity contribution in [3.8, 4) is 0 Å². The van der Waals surface area contributed by atoms with Gasteiger partial charge in [-0.3, -0.25) is 4.40 Å². The molecule has 1 aliphatic rings. The highest BCUT2D eigenvalue weighted by molar-refractivity contribution is 5.35. The largest absolute Gasteiger partial charge is 0.374 e. The average Bonchev–Trinajstić information content (AvgIpc) is 2.68. The molecule has 1 N–H and O–H groups in total. The first-order valence-corrected chi connectivity index (χ1v) is 5.71. The van der Waals surface area contributed by atoms with Crippen LogP contribution in [0.5, 0.6) is 0 Å². The number of morpholine rings is 1. The maximum absolute atomic E-state index is 12.0. The molecule has 0 aliphatic carbocycles. The number of hydrogen-bond acceptors (Lipinski definition) is 4. The van der Waals surface area contributed by atoms with Gasteiger partial charge >= 0.3 is 5.69 Å². The Kier molecular flexibility index (Phi) is 2.66. The molecule has 6 nitrogen and oxygen atoms in total. The maximum atomic E-state index is 12.0. The van der Waals surface area contributed by atoms with Gasteiger partial charge in [0.15, 0.2) is 5.65 Å². The number of hydrogen-bond donors (Lipinski definition) is 1. The molecule has 0 aromatic carbocycles. The van der Waals surface area contributed by atoms with Crippen LogP contribution in [0.2, 0.25) is 0 Å². The summed E-state index contributed by atoms with van der Waals surface area (Å²) in [7, 11) is 0. The van der Waals surface area contributed by atoms with Crippen molar-refractivity contribution < 1.29 is 4.74 Å². The topological polar surface area (TPSA) is 60.6 Å². The predicted molar refractivity (Wildman–Crippen MR) is 62.1 cm³/mol. The highest BCUT2D eigenvalue weighted by Crippen LogP contribution is 2.00. The fraction of sp³-hybridized carbons (Fsp3) is 0.455. The van der Waals surface area contributed by atoms with Crippen LogP contribution in [0.1, 0.15) is 0 Å². The molecule has 2 aromatic heterocycles. The molecular weight excluding hydrogens is 220 g/mol. The van der Waals surface area contributed by atoms with E-state index < -0.39 is 0 Å². The normalized spacial score (nSPS) is 20.8. The number of rotatable bonds is 2. The zero-order valence-corrected chi connectivity index (χ0v) is 9.37.